The molecule has 2 heterocycles. The van der Waals surface area contributed by atoms with E-state index in [2.05, 4.69) is 28.7 Å². The summed E-state index contributed by atoms with van der Waals surface area (Å²) in [5.74, 6) is 1.34. The summed E-state index contributed by atoms with van der Waals surface area (Å²) in [6.07, 6.45) is 9.45. The molecular formula is C21H34ClN5O. The van der Waals surface area contributed by atoms with Gasteiger partial charge in [0.2, 0.25) is 5.95 Å². The summed E-state index contributed by atoms with van der Waals surface area (Å²) in [6, 6.07) is 0. The van der Waals surface area contributed by atoms with Gasteiger partial charge in [-0.05, 0) is 45.6 Å². The van der Waals surface area contributed by atoms with Gasteiger partial charge in [0.15, 0.2) is 5.69 Å². The molecule has 7 heteroatoms. The van der Waals surface area contributed by atoms with Crippen molar-refractivity contribution in [2.75, 3.05) is 50.7 Å². The van der Waals surface area contributed by atoms with E-state index in [4.69, 9.17) is 11.6 Å². The molecular weight excluding hydrogens is 374 g/mol. The van der Waals surface area contributed by atoms with Gasteiger partial charge < -0.3 is 14.7 Å². The molecule has 0 atom stereocenters. The number of carbonyl (C=O) groups is 1. The molecule has 1 saturated heterocycles. The molecule has 1 aromatic heterocycles. The lowest BCUT2D eigenvalue weighted by Gasteiger charge is -2.28. The molecule has 3 rings (SSSR count). The van der Waals surface area contributed by atoms with Crippen molar-refractivity contribution in [3.8, 4) is 0 Å². The largest absolute Gasteiger partial charge is 0.341 e. The van der Waals surface area contributed by atoms with Gasteiger partial charge in [-0.15, -0.1) is 0 Å². The minimum atomic E-state index is -0.0691. The van der Waals surface area contributed by atoms with E-state index in [0.717, 1.165) is 51.6 Å². The van der Waals surface area contributed by atoms with E-state index in [1.807, 2.05) is 9.80 Å². The topological polar surface area (TPSA) is 52.6 Å². The molecule has 156 valence electrons. The van der Waals surface area contributed by atoms with Gasteiger partial charge >= 0.3 is 0 Å². The van der Waals surface area contributed by atoms with Gasteiger partial charge in [0, 0.05) is 39.3 Å². The fourth-order valence-electron chi connectivity index (χ4n) is 4.41. The van der Waals surface area contributed by atoms with Crippen LogP contribution in [0.5, 0.6) is 0 Å². The Morgan fingerprint density at radius 1 is 1.11 bits per heavy atom. The van der Waals surface area contributed by atoms with Crippen molar-refractivity contribution in [2.24, 2.45) is 5.92 Å². The minimum Gasteiger partial charge on any atom is -0.341 e. The number of amides is 1. The maximum absolute atomic E-state index is 13.1. The van der Waals surface area contributed by atoms with Crippen LogP contribution in [0.1, 0.15) is 62.9 Å². The Kier molecular flexibility index (Phi) is 7.91. The molecule has 2 fully saturated rings. The molecule has 0 radical (unpaired) electrons. The van der Waals surface area contributed by atoms with Crippen LogP contribution in [0.2, 0.25) is 5.02 Å². The van der Waals surface area contributed by atoms with Gasteiger partial charge in [-0.3, -0.25) is 4.79 Å². The Balaban J connectivity index is 1.63. The quantitative estimate of drug-likeness (QED) is 0.719. The minimum absolute atomic E-state index is 0.0691. The summed E-state index contributed by atoms with van der Waals surface area (Å²) in [5, 5.41) is 0.337. The van der Waals surface area contributed by atoms with Crippen LogP contribution in [-0.4, -0.2) is 71.5 Å². The molecule has 0 aromatic carbocycles. The first kappa shape index (κ1) is 21.3. The summed E-state index contributed by atoms with van der Waals surface area (Å²) >= 11 is 6.30. The lowest BCUT2D eigenvalue weighted by molar-refractivity contribution is 0.0754. The predicted octanol–water partition coefficient (Wildman–Crippen LogP) is 3.70. The van der Waals surface area contributed by atoms with Crippen molar-refractivity contribution in [3.63, 3.8) is 0 Å². The van der Waals surface area contributed by atoms with Crippen molar-refractivity contribution < 1.29 is 4.79 Å². The summed E-state index contributed by atoms with van der Waals surface area (Å²) < 4.78 is 0. The third-order valence-electron chi connectivity index (χ3n) is 6.10. The number of carbonyl (C=O) groups excluding carboxylic acids is 1. The van der Waals surface area contributed by atoms with Crippen LogP contribution in [0, 0.1) is 5.92 Å². The zero-order chi connectivity index (χ0) is 19.9. The summed E-state index contributed by atoms with van der Waals surface area (Å²) in [7, 11) is 0. The molecule has 1 saturated carbocycles. The second kappa shape index (κ2) is 10.4. The highest BCUT2D eigenvalue weighted by molar-refractivity contribution is 6.33. The maximum Gasteiger partial charge on any atom is 0.274 e. The maximum atomic E-state index is 13.1. The predicted molar refractivity (Wildman–Crippen MR) is 114 cm³/mol. The third-order valence-corrected chi connectivity index (χ3v) is 6.37. The van der Waals surface area contributed by atoms with E-state index in [1.165, 1.54) is 38.6 Å². The molecule has 2 aliphatic rings. The van der Waals surface area contributed by atoms with Gasteiger partial charge in [-0.1, -0.05) is 30.9 Å². The smallest absolute Gasteiger partial charge is 0.274 e. The van der Waals surface area contributed by atoms with Crippen molar-refractivity contribution in [1.29, 1.82) is 0 Å². The number of aromatic nitrogens is 2. The molecule has 1 amide bonds. The monoisotopic (exact) mass is 407 g/mol. The van der Waals surface area contributed by atoms with Gasteiger partial charge in [0.1, 0.15) is 0 Å². The highest BCUT2D eigenvalue weighted by Gasteiger charge is 2.25. The Hall–Kier alpha value is -1.40. The van der Waals surface area contributed by atoms with E-state index in [9.17, 15) is 4.79 Å². The third kappa shape index (κ3) is 5.35. The number of hydrogen-bond donors (Lipinski definition) is 0. The highest BCUT2D eigenvalue weighted by atomic mass is 35.5. The van der Waals surface area contributed by atoms with Crippen LogP contribution in [0.3, 0.4) is 0 Å². The van der Waals surface area contributed by atoms with Crippen LogP contribution < -0.4 is 4.90 Å². The molecule has 0 N–H and O–H groups in total. The van der Waals surface area contributed by atoms with Crippen molar-refractivity contribution in [3.05, 3.63) is 16.9 Å². The SMILES string of the molecule is CCN(CC)c1ncc(Cl)c(C(=O)N2CCCN(CC3CCCCC3)CC2)n1. The Labute approximate surface area is 174 Å². The van der Waals surface area contributed by atoms with Crippen LogP contribution in [-0.2, 0) is 0 Å². The lowest BCUT2D eigenvalue weighted by Crippen LogP contribution is -2.37. The zero-order valence-corrected chi connectivity index (χ0v) is 18.1. The molecule has 1 aliphatic heterocycles. The van der Waals surface area contributed by atoms with Crippen LogP contribution >= 0.6 is 11.6 Å². The Bertz CT molecular complexity index is 646. The summed E-state index contributed by atoms with van der Waals surface area (Å²) in [6.45, 7) is 10.4. The van der Waals surface area contributed by atoms with Crippen molar-refractivity contribution in [2.45, 2.75) is 52.4 Å². The summed E-state index contributed by atoms with van der Waals surface area (Å²) in [5.41, 5.74) is 0.333. The van der Waals surface area contributed by atoms with E-state index >= 15 is 0 Å². The fraction of sp³-hybridized carbons (Fsp3) is 0.762. The lowest BCUT2D eigenvalue weighted by atomic mass is 9.89. The van der Waals surface area contributed by atoms with Crippen LogP contribution in [0.15, 0.2) is 6.20 Å². The fourth-order valence-corrected chi connectivity index (χ4v) is 4.58. The molecule has 0 spiro atoms. The highest BCUT2D eigenvalue weighted by Crippen LogP contribution is 2.25. The van der Waals surface area contributed by atoms with Crippen molar-refractivity contribution in [1.82, 2.24) is 19.8 Å². The summed E-state index contributed by atoms with van der Waals surface area (Å²) in [4.78, 5) is 28.4. The molecule has 0 bridgehead atoms. The van der Waals surface area contributed by atoms with Gasteiger partial charge in [0.25, 0.3) is 5.91 Å². The van der Waals surface area contributed by atoms with Crippen LogP contribution in [0.25, 0.3) is 0 Å². The van der Waals surface area contributed by atoms with E-state index in [-0.39, 0.29) is 5.91 Å². The number of hydrogen-bond acceptors (Lipinski definition) is 5. The molecule has 0 unspecified atom stereocenters. The first-order valence-corrected chi connectivity index (χ1v) is 11.3. The Morgan fingerprint density at radius 2 is 1.86 bits per heavy atom. The van der Waals surface area contributed by atoms with Gasteiger partial charge in [-0.25, -0.2) is 9.97 Å². The van der Waals surface area contributed by atoms with E-state index < -0.39 is 0 Å². The Morgan fingerprint density at radius 3 is 2.57 bits per heavy atom. The normalized spacial score (nSPS) is 19.5. The molecule has 28 heavy (non-hydrogen) atoms. The van der Waals surface area contributed by atoms with Gasteiger partial charge in [0.05, 0.1) is 11.2 Å². The molecule has 1 aliphatic carbocycles. The average molecular weight is 408 g/mol. The number of rotatable bonds is 6. The number of halogens is 1. The second-order valence-corrected chi connectivity index (χ2v) is 8.40. The number of nitrogens with zero attached hydrogens (tertiary/aromatic N) is 5. The second-order valence-electron chi connectivity index (χ2n) is 7.99. The van der Waals surface area contributed by atoms with Crippen molar-refractivity contribution >= 4 is 23.5 Å². The standard InChI is InChI=1S/C21H34ClN5O/c1-3-26(4-2)21-23-15-18(22)19(24-21)20(28)27-12-8-11-25(13-14-27)16-17-9-6-5-7-10-17/h15,17H,3-14,16H2,1-2H3. The van der Waals surface area contributed by atoms with E-state index in [0.29, 0.717) is 16.7 Å². The first-order chi connectivity index (χ1) is 13.6. The average Bonchev–Trinajstić information content (AvgIpc) is 2.96. The van der Waals surface area contributed by atoms with Crippen LogP contribution in [0.4, 0.5) is 5.95 Å². The molecule has 1 aromatic rings. The number of anilines is 1. The van der Waals surface area contributed by atoms with Gasteiger partial charge in [-0.2, -0.15) is 0 Å². The zero-order valence-electron chi connectivity index (χ0n) is 17.4. The van der Waals surface area contributed by atoms with E-state index in [1.54, 1.807) is 6.20 Å². The first-order valence-electron chi connectivity index (χ1n) is 10.9. The molecule has 6 nitrogen and oxygen atoms in total.